The fraction of sp³-hybridized carbons (Fsp3) is 0.579. The quantitative estimate of drug-likeness (QED) is 0.308. The maximum atomic E-state index is 12.0. The molecule has 0 saturated carbocycles. The predicted molar refractivity (Wildman–Crippen MR) is 117 cm³/mol. The van der Waals surface area contributed by atoms with Gasteiger partial charge in [0.1, 0.15) is 0 Å². The molecule has 26 heavy (non-hydrogen) atoms. The van der Waals surface area contributed by atoms with Gasteiger partial charge in [-0.15, -0.1) is 24.0 Å². The number of benzene rings is 1. The van der Waals surface area contributed by atoms with E-state index in [4.69, 9.17) is 4.74 Å². The summed E-state index contributed by atoms with van der Waals surface area (Å²) in [6.07, 6.45) is 1.86. The molecule has 0 aliphatic carbocycles. The first-order chi connectivity index (χ1) is 12.0. The van der Waals surface area contributed by atoms with E-state index in [0.29, 0.717) is 19.7 Å². The number of halogens is 1. The number of carbonyl (C=O) groups excluding carboxylic acids is 1. The Morgan fingerprint density at radius 3 is 2.62 bits per heavy atom. The second kappa shape index (κ2) is 11.3. The van der Waals surface area contributed by atoms with Gasteiger partial charge in [-0.3, -0.25) is 9.79 Å². The first-order valence-electron chi connectivity index (χ1n) is 8.93. The van der Waals surface area contributed by atoms with Crippen LogP contribution in [0, 0.1) is 5.92 Å². The molecule has 0 bridgehead atoms. The van der Waals surface area contributed by atoms with E-state index in [1.165, 1.54) is 11.3 Å². The Morgan fingerprint density at radius 1 is 1.35 bits per heavy atom. The molecule has 0 spiro atoms. The van der Waals surface area contributed by atoms with Crippen molar-refractivity contribution in [1.29, 1.82) is 0 Å². The molecule has 146 valence electrons. The van der Waals surface area contributed by atoms with Crippen molar-refractivity contribution in [3.63, 3.8) is 0 Å². The zero-order valence-corrected chi connectivity index (χ0v) is 18.5. The lowest BCUT2D eigenvalue weighted by molar-refractivity contribution is -0.149. The van der Waals surface area contributed by atoms with Gasteiger partial charge in [-0.1, -0.05) is 12.1 Å². The standard InChI is InChI=1S/C19H30N4O2.HI/c1-5-25-18(24)16-7-6-12-23(14-16)19(20-2)21-13-15-8-10-17(11-9-15)22(3)4;/h8-11,16H,5-7,12-14H2,1-4H3,(H,20,21);1H. The highest BCUT2D eigenvalue weighted by Crippen LogP contribution is 2.18. The number of ether oxygens (including phenoxy) is 1. The molecule has 1 heterocycles. The van der Waals surface area contributed by atoms with Crippen molar-refractivity contribution in [2.24, 2.45) is 10.9 Å². The van der Waals surface area contributed by atoms with E-state index in [1.54, 1.807) is 7.05 Å². The molecule has 0 amide bonds. The third-order valence-electron chi connectivity index (χ3n) is 4.46. The molecule has 1 aliphatic rings. The smallest absolute Gasteiger partial charge is 0.310 e. The largest absolute Gasteiger partial charge is 0.466 e. The number of nitrogens with zero attached hydrogens (tertiary/aromatic N) is 3. The predicted octanol–water partition coefficient (Wildman–Crippen LogP) is 2.72. The summed E-state index contributed by atoms with van der Waals surface area (Å²) in [6, 6.07) is 8.45. The van der Waals surface area contributed by atoms with Crippen LogP contribution in [-0.2, 0) is 16.1 Å². The number of likely N-dealkylation sites (tertiary alicyclic amines) is 1. The lowest BCUT2D eigenvalue weighted by Gasteiger charge is -2.34. The van der Waals surface area contributed by atoms with Crippen molar-refractivity contribution in [3.05, 3.63) is 29.8 Å². The average molecular weight is 474 g/mol. The van der Waals surface area contributed by atoms with Gasteiger partial charge in [-0.05, 0) is 37.5 Å². The number of rotatable bonds is 5. The Bertz CT molecular complexity index is 590. The van der Waals surface area contributed by atoms with Crippen molar-refractivity contribution in [2.75, 3.05) is 45.7 Å². The maximum Gasteiger partial charge on any atom is 0.310 e. The van der Waals surface area contributed by atoms with E-state index in [1.807, 2.05) is 21.0 Å². The highest BCUT2D eigenvalue weighted by atomic mass is 127. The number of carbonyl (C=O) groups is 1. The molecule has 1 fully saturated rings. The highest BCUT2D eigenvalue weighted by molar-refractivity contribution is 14.0. The van der Waals surface area contributed by atoms with E-state index in [9.17, 15) is 4.79 Å². The topological polar surface area (TPSA) is 57.2 Å². The van der Waals surface area contributed by atoms with Crippen LogP contribution in [0.25, 0.3) is 0 Å². The molecule has 6 nitrogen and oxygen atoms in total. The summed E-state index contributed by atoms with van der Waals surface area (Å²) in [6.45, 7) is 4.57. The monoisotopic (exact) mass is 474 g/mol. The summed E-state index contributed by atoms with van der Waals surface area (Å²) in [7, 11) is 5.85. The minimum Gasteiger partial charge on any atom is -0.466 e. The molecule has 0 radical (unpaired) electrons. The number of anilines is 1. The molecular weight excluding hydrogens is 443 g/mol. The van der Waals surface area contributed by atoms with Gasteiger partial charge >= 0.3 is 5.97 Å². The summed E-state index contributed by atoms with van der Waals surface area (Å²) in [4.78, 5) is 20.6. The first-order valence-corrected chi connectivity index (χ1v) is 8.93. The average Bonchev–Trinajstić information content (AvgIpc) is 2.63. The molecule has 1 N–H and O–H groups in total. The molecule has 1 atom stereocenters. The van der Waals surface area contributed by atoms with Crippen LogP contribution in [0.3, 0.4) is 0 Å². The molecule has 1 saturated heterocycles. The summed E-state index contributed by atoms with van der Waals surface area (Å²) in [5, 5.41) is 3.41. The third kappa shape index (κ3) is 6.34. The highest BCUT2D eigenvalue weighted by Gasteiger charge is 2.28. The Balaban J connectivity index is 0.00000338. The van der Waals surface area contributed by atoms with Crippen LogP contribution in [0.15, 0.2) is 29.3 Å². The van der Waals surface area contributed by atoms with Crippen LogP contribution in [0.4, 0.5) is 5.69 Å². The van der Waals surface area contributed by atoms with Gasteiger partial charge in [0.2, 0.25) is 0 Å². The second-order valence-corrected chi connectivity index (χ2v) is 6.50. The molecule has 1 aromatic rings. The third-order valence-corrected chi connectivity index (χ3v) is 4.46. The number of piperidine rings is 1. The van der Waals surface area contributed by atoms with Crippen LogP contribution >= 0.6 is 24.0 Å². The van der Waals surface area contributed by atoms with Gasteiger partial charge in [0.25, 0.3) is 0 Å². The number of nitrogens with one attached hydrogen (secondary N) is 1. The molecule has 1 unspecified atom stereocenters. The van der Waals surface area contributed by atoms with Crippen molar-refractivity contribution < 1.29 is 9.53 Å². The van der Waals surface area contributed by atoms with Crippen molar-refractivity contribution >= 4 is 41.6 Å². The molecule has 7 heteroatoms. The summed E-state index contributed by atoms with van der Waals surface area (Å²) >= 11 is 0. The molecular formula is C19H31IN4O2. The fourth-order valence-electron chi connectivity index (χ4n) is 3.05. The van der Waals surface area contributed by atoms with Crippen LogP contribution in [0.2, 0.25) is 0 Å². The summed E-state index contributed by atoms with van der Waals surface area (Å²) < 4.78 is 5.17. The number of hydrogen-bond acceptors (Lipinski definition) is 4. The molecule has 2 rings (SSSR count). The van der Waals surface area contributed by atoms with E-state index in [2.05, 4.69) is 44.4 Å². The maximum absolute atomic E-state index is 12.0. The van der Waals surface area contributed by atoms with Gasteiger partial charge < -0.3 is 19.9 Å². The van der Waals surface area contributed by atoms with E-state index < -0.39 is 0 Å². The van der Waals surface area contributed by atoms with Gasteiger partial charge in [0.05, 0.1) is 12.5 Å². The second-order valence-electron chi connectivity index (χ2n) is 6.50. The zero-order chi connectivity index (χ0) is 18.2. The molecule has 0 aromatic heterocycles. The Labute approximate surface area is 174 Å². The number of hydrogen-bond donors (Lipinski definition) is 1. The Morgan fingerprint density at radius 2 is 2.04 bits per heavy atom. The van der Waals surface area contributed by atoms with Gasteiger partial charge in [-0.25, -0.2) is 0 Å². The molecule has 1 aliphatic heterocycles. The lowest BCUT2D eigenvalue weighted by Crippen LogP contribution is -2.48. The van der Waals surface area contributed by atoms with Crippen LogP contribution in [-0.4, -0.2) is 57.7 Å². The molecule has 1 aromatic carbocycles. The van der Waals surface area contributed by atoms with E-state index >= 15 is 0 Å². The van der Waals surface area contributed by atoms with Crippen molar-refractivity contribution in [2.45, 2.75) is 26.3 Å². The lowest BCUT2D eigenvalue weighted by atomic mass is 9.98. The number of esters is 1. The Kier molecular flexibility index (Phi) is 9.75. The summed E-state index contributed by atoms with van der Waals surface area (Å²) in [5.41, 5.74) is 2.38. The van der Waals surface area contributed by atoms with E-state index in [0.717, 1.165) is 25.3 Å². The van der Waals surface area contributed by atoms with Crippen LogP contribution in [0.1, 0.15) is 25.3 Å². The van der Waals surface area contributed by atoms with Crippen LogP contribution < -0.4 is 10.2 Å². The van der Waals surface area contributed by atoms with Gasteiger partial charge in [-0.2, -0.15) is 0 Å². The minimum atomic E-state index is -0.0954. The van der Waals surface area contributed by atoms with Crippen LogP contribution in [0.5, 0.6) is 0 Å². The zero-order valence-electron chi connectivity index (χ0n) is 16.2. The number of guanidine groups is 1. The van der Waals surface area contributed by atoms with Gasteiger partial charge in [0, 0.05) is 46.5 Å². The Hall–Kier alpha value is -1.51. The van der Waals surface area contributed by atoms with Crippen molar-refractivity contribution in [3.8, 4) is 0 Å². The minimum absolute atomic E-state index is 0. The van der Waals surface area contributed by atoms with Gasteiger partial charge in [0.15, 0.2) is 5.96 Å². The summed E-state index contributed by atoms with van der Waals surface area (Å²) in [5.74, 6) is 0.680. The fourth-order valence-corrected chi connectivity index (χ4v) is 3.05. The first kappa shape index (κ1) is 22.5. The van der Waals surface area contributed by atoms with E-state index in [-0.39, 0.29) is 35.9 Å². The van der Waals surface area contributed by atoms with Crippen molar-refractivity contribution in [1.82, 2.24) is 10.2 Å². The number of aliphatic imine (C=N–C) groups is 1. The normalized spacial score (nSPS) is 17.3. The SMILES string of the molecule is CCOC(=O)C1CCCN(C(=NC)NCc2ccc(N(C)C)cc2)C1.I.